The van der Waals surface area contributed by atoms with Gasteiger partial charge < -0.3 is 15.0 Å². The minimum absolute atomic E-state index is 0.216. The zero-order chi connectivity index (χ0) is 22.8. The first-order valence-electron chi connectivity index (χ1n) is 10.7. The average molecular weight is 458 g/mol. The van der Waals surface area contributed by atoms with Gasteiger partial charge in [-0.1, -0.05) is 17.7 Å². The van der Waals surface area contributed by atoms with Crippen LogP contribution in [-0.2, 0) is 16.0 Å². The van der Waals surface area contributed by atoms with Gasteiger partial charge in [-0.15, -0.1) is 0 Å². The molecule has 8 nitrogen and oxygen atoms in total. The van der Waals surface area contributed by atoms with E-state index in [2.05, 4.69) is 40.6 Å². The van der Waals surface area contributed by atoms with Gasteiger partial charge in [-0.2, -0.15) is 0 Å². The standard InChI is InChI=1S/C23H28ClN5O3/c1-14-19-10-17(6-4-15(19)8-9-28(14)2)26-22(30)20-11-18(32-3)13-29(20)23(31)27-21-7-5-16(24)12-25-21/h4-7,10,12,14,18,20H,8-9,11,13H2,1-3H3,(H,26,30)(H,25,27,31)/t14?,18?,20-/m1/s1. The van der Waals surface area contributed by atoms with Gasteiger partial charge in [0.25, 0.3) is 0 Å². The topological polar surface area (TPSA) is 86.8 Å². The summed E-state index contributed by atoms with van der Waals surface area (Å²) in [7, 11) is 3.69. The number of fused-ring (bicyclic) bond motifs is 1. The lowest BCUT2D eigenvalue weighted by Gasteiger charge is -2.32. The maximum absolute atomic E-state index is 13.2. The lowest BCUT2D eigenvalue weighted by atomic mass is 9.93. The molecule has 0 spiro atoms. The number of carbonyl (C=O) groups excluding carboxylic acids is 2. The number of benzene rings is 1. The van der Waals surface area contributed by atoms with Crippen LogP contribution in [0.25, 0.3) is 0 Å². The summed E-state index contributed by atoms with van der Waals surface area (Å²) in [6.07, 6.45) is 2.66. The van der Waals surface area contributed by atoms with Gasteiger partial charge in [0.05, 0.1) is 11.1 Å². The molecule has 1 aromatic carbocycles. The van der Waals surface area contributed by atoms with E-state index in [4.69, 9.17) is 16.3 Å². The van der Waals surface area contributed by atoms with Gasteiger partial charge in [-0.05, 0) is 55.8 Å². The Morgan fingerprint density at radius 1 is 1.22 bits per heavy atom. The van der Waals surface area contributed by atoms with Crippen LogP contribution in [0.2, 0.25) is 5.02 Å². The van der Waals surface area contributed by atoms with E-state index in [1.807, 2.05) is 12.1 Å². The van der Waals surface area contributed by atoms with Crippen LogP contribution < -0.4 is 10.6 Å². The van der Waals surface area contributed by atoms with Crippen LogP contribution >= 0.6 is 11.6 Å². The minimum atomic E-state index is -0.650. The number of urea groups is 1. The first-order valence-corrected chi connectivity index (χ1v) is 11.1. The maximum Gasteiger partial charge on any atom is 0.323 e. The number of likely N-dealkylation sites (tertiary alicyclic amines) is 1. The number of hydrogen-bond acceptors (Lipinski definition) is 5. The smallest absolute Gasteiger partial charge is 0.323 e. The molecule has 2 aliphatic heterocycles. The highest BCUT2D eigenvalue weighted by Gasteiger charge is 2.40. The van der Waals surface area contributed by atoms with E-state index >= 15 is 0 Å². The summed E-state index contributed by atoms with van der Waals surface area (Å²) < 4.78 is 5.45. The number of nitrogens with zero attached hydrogens (tertiary/aromatic N) is 3. The second-order valence-corrected chi connectivity index (χ2v) is 8.80. The second-order valence-electron chi connectivity index (χ2n) is 8.36. The van der Waals surface area contributed by atoms with Gasteiger partial charge in [0.1, 0.15) is 11.9 Å². The molecule has 2 unspecified atom stereocenters. The summed E-state index contributed by atoms with van der Waals surface area (Å²) >= 11 is 5.86. The molecule has 4 rings (SSSR count). The van der Waals surface area contributed by atoms with E-state index in [0.717, 1.165) is 18.7 Å². The molecule has 2 aliphatic rings. The molecule has 0 saturated carbocycles. The molecule has 1 saturated heterocycles. The van der Waals surface area contributed by atoms with Crippen LogP contribution in [0.15, 0.2) is 36.5 Å². The van der Waals surface area contributed by atoms with Crippen LogP contribution in [0, 0.1) is 0 Å². The van der Waals surface area contributed by atoms with E-state index in [0.29, 0.717) is 23.8 Å². The average Bonchev–Trinajstić information content (AvgIpc) is 3.23. The fraction of sp³-hybridized carbons (Fsp3) is 0.435. The summed E-state index contributed by atoms with van der Waals surface area (Å²) in [5.41, 5.74) is 3.27. The minimum Gasteiger partial charge on any atom is -0.380 e. The highest BCUT2D eigenvalue weighted by atomic mass is 35.5. The first-order chi connectivity index (χ1) is 15.4. The number of methoxy groups -OCH3 is 1. The number of anilines is 2. The quantitative estimate of drug-likeness (QED) is 0.733. The number of likely N-dealkylation sites (N-methyl/N-ethyl adjacent to an activating group) is 1. The molecule has 2 N–H and O–H groups in total. The van der Waals surface area contributed by atoms with Crippen molar-refractivity contribution in [3.05, 3.63) is 52.7 Å². The largest absolute Gasteiger partial charge is 0.380 e. The van der Waals surface area contributed by atoms with E-state index in [1.54, 1.807) is 19.2 Å². The summed E-state index contributed by atoms with van der Waals surface area (Å²) in [6, 6.07) is 8.54. The van der Waals surface area contributed by atoms with E-state index in [1.165, 1.54) is 22.2 Å². The lowest BCUT2D eigenvalue weighted by Crippen LogP contribution is -2.45. The maximum atomic E-state index is 13.2. The number of nitrogens with one attached hydrogen (secondary N) is 2. The SMILES string of the molecule is COC1C[C@H](C(=O)Nc2ccc3c(c2)C(C)N(C)CC3)N(C(=O)Nc2ccc(Cl)cn2)C1. The molecular weight excluding hydrogens is 430 g/mol. The van der Waals surface area contributed by atoms with Crippen LogP contribution in [0.1, 0.15) is 30.5 Å². The van der Waals surface area contributed by atoms with Crippen LogP contribution in [-0.4, -0.2) is 66.1 Å². The van der Waals surface area contributed by atoms with Crippen molar-refractivity contribution in [2.75, 3.05) is 37.9 Å². The third kappa shape index (κ3) is 4.72. The molecule has 170 valence electrons. The number of ether oxygens (including phenoxy) is 1. The number of amides is 3. The van der Waals surface area contributed by atoms with Gasteiger partial charge in [0, 0.05) is 44.5 Å². The Bertz CT molecular complexity index is 1000. The predicted molar refractivity (Wildman–Crippen MR) is 124 cm³/mol. The molecule has 32 heavy (non-hydrogen) atoms. The van der Waals surface area contributed by atoms with E-state index in [9.17, 15) is 9.59 Å². The Morgan fingerprint density at radius 3 is 2.75 bits per heavy atom. The van der Waals surface area contributed by atoms with Crippen molar-refractivity contribution in [2.45, 2.75) is 38.0 Å². The fourth-order valence-corrected chi connectivity index (χ4v) is 4.43. The zero-order valence-electron chi connectivity index (χ0n) is 18.5. The van der Waals surface area contributed by atoms with Crippen molar-refractivity contribution in [3.8, 4) is 0 Å². The monoisotopic (exact) mass is 457 g/mol. The molecule has 1 aromatic heterocycles. The number of halogens is 1. The van der Waals surface area contributed by atoms with Crippen molar-refractivity contribution in [1.29, 1.82) is 0 Å². The predicted octanol–water partition coefficient (Wildman–Crippen LogP) is 3.54. The fourth-order valence-electron chi connectivity index (χ4n) is 4.32. The van der Waals surface area contributed by atoms with Crippen molar-refractivity contribution < 1.29 is 14.3 Å². The molecule has 0 bridgehead atoms. The van der Waals surface area contributed by atoms with Crippen LogP contribution in [0.5, 0.6) is 0 Å². The Morgan fingerprint density at radius 2 is 2.03 bits per heavy atom. The lowest BCUT2D eigenvalue weighted by molar-refractivity contribution is -0.119. The molecular formula is C23H28ClN5O3. The third-order valence-corrected chi connectivity index (χ3v) is 6.60. The zero-order valence-corrected chi connectivity index (χ0v) is 19.2. The highest BCUT2D eigenvalue weighted by molar-refractivity contribution is 6.30. The summed E-state index contributed by atoms with van der Waals surface area (Å²) in [5, 5.41) is 6.21. The van der Waals surface area contributed by atoms with Crippen molar-refractivity contribution in [3.63, 3.8) is 0 Å². The van der Waals surface area contributed by atoms with Crippen LogP contribution in [0.4, 0.5) is 16.3 Å². The number of aromatic nitrogens is 1. The number of carbonyl (C=O) groups is 2. The summed E-state index contributed by atoms with van der Waals surface area (Å²) in [6.45, 7) is 3.51. The summed E-state index contributed by atoms with van der Waals surface area (Å²) in [5.74, 6) is 0.132. The van der Waals surface area contributed by atoms with Crippen molar-refractivity contribution in [2.24, 2.45) is 0 Å². The van der Waals surface area contributed by atoms with Crippen LogP contribution in [0.3, 0.4) is 0 Å². The van der Waals surface area contributed by atoms with E-state index < -0.39 is 12.1 Å². The Kier molecular flexibility index (Phi) is 6.64. The molecule has 0 radical (unpaired) electrons. The number of pyridine rings is 1. The van der Waals surface area contributed by atoms with Gasteiger partial charge in [-0.3, -0.25) is 15.0 Å². The van der Waals surface area contributed by atoms with Gasteiger partial charge in [0.15, 0.2) is 0 Å². The van der Waals surface area contributed by atoms with Crippen molar-refractivity contribution >= 4 is 35.0 Å². The van der Waals surface area contributed by atoms with Gasteiger partial charge >= 0.3 is 6.03 Å². The van der Waals surface area contributed by atoms with E-state index in [-0.39, 0.29) is 18.1 Å². The summed E-state index contributed by atoms with van der Waals surface area (Å²) in [4.78, 5) is 34.0. The van der Waals surface area contributed by atoms with Gasteiger partial charge in [0.2, 0.25) is 5.91 Å². The van der Waals surface area contributed by atoms with Gasteiger partial charge in [-0.25, -0.2) is 9.78 Å². The highest BCUT2D eigenvalue weighted by Crippen LogP contribution is 2.31. The molecule has 0 aliphatic carbocycles. The second kappa shape index (κ2) is 9.44. The molecule has 3 atom stereocenters. The number of hydrogen-bond donors (Lipinski definition) is 2. The third-order valence-electron chi connectivity index (χ3n) is 6.38. The molecule has 3 heterocycles. The number of rotatable bonds is 4. The molecule has 1 fully saturated rings. The normalized spacial score (nSPS) is 23.0. The Labute approximate surface area is 192 Å². The molecule has 9 heteroatoms. The Balaban J connectivity index is 1.48. The first kappa shape index (κ1) is 22.5. The molecule has 3 amide bonds. The van der Waals surface area contributed by atoms with Crippen molar-refractivity contribution in [1.82, 2.24) is 14.8 Å². The molecule has 2 aromatic rings. The Hall–Kier alpha value is -2.68.